The fraction of sp³-hybridized carbons (Fsp3) is 0.231. The number of aliphatic hydroxyl groups excluding tert-OH is 1. The molecule has 2 rings (SSSR count). The average Bonchev–Trinajstić information content (AvgIpc) is 2.73. The molecule has 17 heavy (non-hydrogen) atoms. The van der Waals surface area contributed by atoms with E-state index in [-0.39, 0.29) is 12.5 Å². The van der Waals surface area contributed by atoms with Crippen LogP contribution in [0.15, 0.2) is 36.4 Å². The van der Waals surface area contributed by atoms with Gasteiger partial charge >= 0.3 is 0 Å². The van der Waals surface area contributed by atoms with E-state index in [9.17, 15) is 5.11 Å². The van der Waals surface area contributed by atoms with Gasteiger partial charge in [-0.1, -0.05) is 41.4 Å². The lowest BCUT2D eigenvalue weighted by Crippen LogP contribution is -2.07. The van der Waals surface area contributed by atoms with E-state index >= 15 is 0 Å². The summed E-state index contributed by atoms with van der Waals surface area (Å²) in [6.07, 6.45) is 0.762. The molecule has 1 nitrogen and oxygen atoms in total. The van der Waals surface area contributed by atoms with E-state index in [1.165, 1.54) is 0 Å². The third kappa shape index (κ3) is 3.23. The standard InChI is InChI=1S/C13H12Cl2OS/c14-12-4-2-1-3-11(12)9(8-16)7-10-5-6-13(15)17-10/h1-6,9,16H,7-8H2. The monoisotopic (exact) mass is 286 g/mol. The summed E-state index contributed by atoms with van der Waals surface area (Å²) in [7, 11) is 0. The summed E-state index contributed by atoms with van der Waals surface area (Å²) in [5, 5.41) is 10.2. The summed E-state index contributed by atoms with van der Waals surface area (Å²) in [6.45, 7) is 0.0826. The second kappa shape index (κ2) is 5.87. The van der Waals surface area contributed by atoms with Crippen molar-refractivity contribution in [1.29, 1.82) is 0 Å². The molecular formula is C13H12Cl2OS. The van der Waals surface area contributed by atoms with E-state index in [1.807, 2.05) is 36.4 Å². The highest BCUT2D eigenvalue weighted by molar-refractivity contribution is 7.16. The molecule has 1 aromatic carbocycles. The molecule has 2 aromatic rings. The lowest BCUT2D eigenvalue weighted by molar-refractivity contribution is 0.265. The van der Waals surface area contributed by atoms with Gasteiger partial charge in [0.05, 0.1) is 10.9 Å². The molecule has 1 unspecified atom stereocenters. The first-order valence-electron chi connectivity index (χ1n) is 5.30. The molecule has 1 N–H and O–H groups in total. The number of rotatable bonds is 4. The number of hydrogen-bond acceptors (Lipinski definition) is 2. The van der Waals surface area contributed by atoms with E-state index in [2.05, 4.69) is 0 Å². The zero-order chi connectivity index (χ0) is 12.3. The summed E-state index contributed by atoms with van der Waals surface area (Å²) in [5.41, 5.74) is 0.987. The molecule has 0 spiro atoms. The van der Waals surface area contributed by atoms with Crippen LogP contribution in [0, 0.1) is 0 Å². The Labute approximate surface area is 115 Å². The third-order valence-electron chi connectivity index (χ3n) is 2.64. The van der Waals surface area contributed by atoms with Crippen molar-refractivity contribution in [1.82, 2.24) is 0 Å². The van der Waals surface area contributed by atoms with Crippen LogP contribution in [0.4, 0.5) is 0 Å². The maximum absolute atomic E-state index is 9.49. The minimum Gasteiger partial charge on any atom is -0.396 e. The molecule has 90 valence electrons. The van der Waals surface area contributed by atoms with Crippen LogP contribution in [0.5, 0.6) is 0 Å². The molecule has 0 fully saturated rings. The number of benzene rings is 1. The number of thiophene rings is 1. The Morgan fingerprint density at radius 2 is 1.88 bits per heavy atom. The van der Waals surface area contributed by atoms with E-state index in [0.717, 1.165) is 21.2 Å². The van der Waals surface area contributed by atoms with Gasteiger partial charge in [-0.2, -0.15) is 0 Å². The summed E-state index contributed by atoms with van der Waals surface area (Å²) >= 11 is 13.6. The average molecular weight is 287 g/mol. The molecule has 0 saturated heterocycles. The molecule has 0 amide bonds. The molecule has 0 bridgehead atoms. The van der Waals surface area contributed by atoms with Crippen molar-refractivity contribution in [3.8, 4) is 0 Å². The second-order valence-electron chi connectivity index (χ2n) is 3.81. The van der Waals surface area contributed by atoms with Gasteiger partial charge in [-0.15, -0.1) is 11.3 Å². The highest BCUT2D eigenvalue weighted by Crippen LogP contribution is 2.30. The fourth-order valence-electron chi connectivity index (χ4n) is 1.78. The Morgan fingerprint density at radius 1 is 1.12 bits per heavy atom. The van der Waals surface area contributed by atoms with Crippen molar-refractivity contribution >= 4 is 34.5 Å². The molecule has 1 aromatic heterocycles. The number of hydrogen-bond donors (Lipinski definition) is 1. The van der Waals surface area contributed by atoms with Crippen molar-refractivity contribution < 1.29 is 5.11 Å². The minimum atomic E-state index is 0.0263. The van der Waals surface area contributed by atoms with Gasteiger partial charge in [0.1, 0.15) is 0 Å². The first kappa shape index (κ1) is 12.9. The maximum atomic E-state index is 9.49. The van der Waals surface area contributed by atoms with Crippen LogP contribution in [0.2, 0.25) is 9.36 Å². The van der Waals surface area contributed by atoms with E-state index < -0.39 is 0 Å². The molecule has 4 heteroatoms. The van der Waals surface area contributed by atoms with Crippen LogP contribution in [0.25, 0.3) is 0 Å². The summed E-state index contributed by atoms with van der Waals surface area (Å²) < 4.78 is 0.774. The molecule has 0 aliphatic carbocycles. The number of halogens is 2. The van der Waals surface area contributed by atoms with Gasteiger partial charge < -0.3 is 5.11 Å². The van der Waals surface area contributed by atoms with Crippen LogP contribution >= 0.6 is 34.5 Å². The van der Waals surface area contributed by atoms with Crippen LogP contribution in [0.1, 0.15) is 16.4 Å². The summed E-state index contributed by atoms with van der Waals surface area (Å²) in [5.74, 6) is 0.0263. The van der Waals surface area contributed by atoms with Gasteiger partial charge in [-0.3, -0.25) is 0 Å². The highest BCUT2D eigenvalue weighted by Gasteiger charge is 2.15. The van der Waals surface area contributed by atoms with Crippen LogP contribution < -0.4 is 0 Å². The lowest BCUT2D eigenvalue weighted by atomic mass is 9.96. The van der Waals surface area contributed by atoms with Gasteiger partial charge in [0.15, 0.2) is 0 Å². The molecule has 1 heterocycles. The fourth-order valence-corrected chi connectivity index (χ4v) is 3.24. The van der Waals surface area contributed by atoms with Gasteiger partial charge in [0.25, 0.3) is 0 Å². The first-order valence-corrected chi connectivity index (χ1v) is 6.87. The lowest BCUT2D eigenvalue weighted by Gasteiger charge is -2.15. The van der Waals surface area contributed by atoms with Crippen molar-refractivity contribution in [2.45, 2.75) is 12.3 Å². The van der Waals surface area contributed by atoms with Crippen molar-refractivity contribution in [2.24, 2.45) is 0 Å². The quantitative estimate of drug-likeness (QED) is 0.885. The maximum Gasteiger partial charge on any atom is 0.0931 e. The normalized spacial score (nSPS) is 12.6. The van der Waals surface area contributed by atoms with E-state index in [1.54, 1.807) is 11.3 Å². The Kier molecular flexibility index (Phi) is 4.46. The van der Waals surface area contributed by atoms with Crippen LogP contribution in [0.3, 0.4) is 0 Å². The van der Waals surface area contributed by atoms with Crippen LogP contribution in [-0.2, 0) is 6.42 Å². The SMILES string of the molecule is OCC(Cc1ccc(Cl)s1)c1ccccc1Cl. The molecule has 1 atom stereocenters. The smallest absolute Gasteiger partial charge is 0.0931 e. The predicted molar refractivity (Wildman–Crippen MR) is 74.3 cm³/mol. The minimum absolute atomic E-state index is 0.0263. The molecule has 0 aliphatic heterocycles. The zero-order valence-corrected chi connectivity index (χ0v) is 11.4. The zero-order valence-electron chi connectivity index (χ0n) is 9.07. The third-order valence-corrected chi connectivity index (χ3v) is 4.24. The Hall–Kier alpha value is -0.540. The topological polar surface area (TPSA) is 20.2 Å². The Balaban J connectivity index is 2.20. The summed E-state index contributed by atoms with van der Waals surface area (Å²) in [4.78, 5) is 1.16. The number of aliphatic hydroxyl groups is 1. The first-order chi connectivity index (χ1) is 8.20. The second-order valence-corrected chi connectivity index (χ2v) is 6.02. The van der Waals surface area contributed by atoms with Crippen molar-refractivity contribution in [3.05, 3.63) is 56.2 Å². The van der Waals surface area contributed by atoms with Gasteiger partial charge in [0.2, 0.25) is 0 Å². The largest absolute Gasteiger partial charge is 0.396 e. The van der Waals surface area contributed by atoms with E-state index in [4.69, 9.17) is 23.2 Å². The Morgan fingerprint density at radius 3 is 2.47 bits per heavy atom. The molecule has 0 radical (unpaired) electrons. The van der Waals surface area contributed by atoms with Crippen LogP contribution in [-0.4, -0.2) is 11.7 Å². The molecule has 0 saturated carbocycles. The van der Waals surface area contributed by atoms with Gasteiger partial charge in [-0.25, -0.2) is 0 Å². The van der Waals surface area contributed by atoms with Crippen molar-refractivity contribution in [3.63, 3.8) is 0 Å². The molecular weight excluding hydrogens is 275 g/mol. The summed E-state index contributed by atoms with van der Waals surface area (Å²) in [6, 6.07) is 11.5. The van der Waals surface area contributed by atoms with Crippen molar-refractivity contribution in [2.75, 3.05) is 6.61 Å². The van der Waals surface area contributed by atoms with E-state index in [0.29, 0.717) is 5.02 Å². The molecule has 0 aliphatic rings. The van der Waals surface area contributed by atoms with Gasteiger partial charge in [0, 0.05) is 15.8 Å². The Bertz CT molecular complexity index is 496. The predicted octanol–water partition coefficient (Wildman–Crippen LogP) is 4.37. The van der Waals surface area contributed by atoms with Gasteiger partial charge in [-0.05, 0) is 30.2 Å². The highest BCUT2D eigenvalue weighted by atomic mass is 35.5.